The Hall–Kier alpha value is -1.92. The van der Waals surface area contributed by atoms with E-state index in [0.29, 0.717) is 0 Å². The van der Waals surface area contributed by atoms with Crippen molar-refractivity contribution < 1.29 is 24.5 Å². The van der Waals surface area contributed by atoms with E-state index in [2.05, 4.69) is 0 Å². The van der Waals surface area contributed by atoms with Gasteiger partial charge in [0.2, 0.25) is 5.91 Å². The second-order valence-corrected chi connectivity index (χ2v) is 7.44. The topological polar surface area (TPSA) is 87.1 Å². The van der Waals surface area contributed by atoms with Crippen LogP contribution in [-0.2, 0) is 20.7 Å². The highest BCUT2D eigenvalue weighted by Crippen LogP contribution is 2.63. The van der Waals surface area contributed by atoms with Gasteiger partial charge in [0, 0.05) is 12.3 Å². The lowest BCUT2D eigenvalue weighted by atomic mass is 9.80. The molecular weight excluding hydrogens is 310 g/mol. The molecule has 2 aliphatic heterocycles. The van der Waals surface area contributed by atoms with Gasteiger partial charge in [-0.05, 0) is 23.8 Å². The first-order valence-electron chi connectivity index (χ1n) is 8.50. The Balaban J connectivity index is 1.48. The van der Waals surface area contributed by atoms with E-state index in [1.54, 1.807) is 0 Å². The number of hydrogen-bond acceptors (Lipinski definition) is 4. The number of benzene rings is 1. The van der Waals surface area contributed by atoms with E-state index < -0.39 is 24.3 Å². The zero-order valence-electron chi connectivity index (χ0n) is 13.0. The summed E-state index contributed by atoms with van der Waals surface area (Å²) < 4.78 is 5.99. The van der Waals surface area contributed by atoms with Crippen LogP contribution in [0, 0.1) is 23.7 Å². The van der Waals surface area contributed by atoms with Gasteiger partial charge in [-0.3, -0.25) is 4.79 Å². The Morgan fingerprint density at radius 2 is 2.04 bits per heavy atom. The second kappa shape index (κ2) is 4.80. The molecule has 1 aromatic rings. The molecule has 1 amide bonds. The summed E-state index contributed by atoms with van der Waals surface area (Å²) in [6, 6.07) is 8.42. The molecular formula is C18H19NO5. The van der Waals surface area contributed by atoms with Crippen molar-refractivity contribution in [2.24, 2.45) is 23.7 Å². The van der Waals surface area contributed by atoms with Crippen LogP contribution in [-0.4, -0.2) is 51.5 Å². The third kappa shape index (κ3) is 1.67. The van der Waals surface area contributed by atoms with Crippen molar-refractivity contribution in [3.8, 4) is 0 Å². The molecule has 2 N–H and O–H groups in total. The maximum Gasteiger partial charge on any atom is 0.326 e. The molecule has 2 bridgehead atoms. The molecule has 2 saturated carbocycles. The van der Waals surface area contributed by atoms with Crippen molar-refractivity contribution >= 4 is 11.9 Å². The highest BCUT2D eigenvalue weighted by atomic mass is 16.5. The molecule has 4 fully saturated rings. The number of ether oxygens (including phenoxy) is 1. The molecule has 8 atom stereocenters. The number of likely N-dealkylation sites (tertiary alicyclic amines) is 1. The number of carboxylic acids is 1. The molecule has 0 aromatic heterocycles. The summed E-state index contributed by atoms with van der Waals surface area (Å²) in [6.45, 7) is 0. The van der Waals surface area contributed by atoms with Crippen molar-refractivity contribution in [2.45, 2.75) is 37.3 Å². The zero-order chi connectivity index (χ0) is 16.6. The number of aliphatic hydroxyl groups excluding tert-OH is 1. The summed E-state index contributed by atoms with van der Waals surface area (Å²) in [7, 11) is 0. The number of carbonyl (C=O) groups excluding carboxylic acids is 1. The number of hydrogen-bond donors (Lipinski definition) is 2. The fraction of sp³-hybridized carbons (Fsp3) is 0.556. The highest BCUT2D eigenvalue weighted by molar-refractivity contribution is 5.88. The third-order valence-corrected chi connectivity index (χ3v) is 6.44. The first-order valence-corrected chi connectivity index (χ1v) is 8.50. The SMILES string of the molecule is O=C(O)C(Cc1ccccc1)N1C(=O)C2C3CC4C(OC1C42)C3O. The standard InChI is InChI=1S/C18H19NO5/c20-14-9-7-10-13-12(9)16(21)19(17(13)24-15(10)14)11(18(22)23)6-8-4-2-1-3-5-8/h1-5,9-15,17,20H,6-7H2,(H,22,23). The van der Waals surface area contributed by atoms with Crippen LogP contribution in [0.1, 0.15) is 12.0 Å². The van der Waals surface area contributed by atoms with E-state index in [-0.39, 0.29) is 42.1 Å². The molecule has 8 unspecified atom stereocenters. The largest absolute Gasteiger partial charge is 0.480 e. The summed E-state index contributed by atoms with van der Waals surface area (Å²) in [5.74, 6) is -1.26. The van der Waals surface area contributed by atoms with E-state index in [4.69, 9.17) is 4.74 Å². The van der Waals surface area contributed by atoms with Gasteiger partial charge in [-0.2, -0.15) is 0 Å². The maximum absolute atomic E-state index is 13.0. The normalized spacial score (nSPS) is 42.8. The average molecular weight is 329 g/mol. The van der Waals surface area contributed by atoms with Gasteiger partial charge < -0.3 is 19.8 Å². The van der Waals surface area contributed by atoms with E-state index in [1.807, 2.05) is 30.3 Å². The Bertz CT molecular complexity index is 707. The minimum Gasteiger partial charge on any atom is -0.480 e. The summed E-state index contributed by atoms with van der Waals surface area (Å²) in [6.07, 6.45) is -0.213. The Morgan fingerprint density at radius 1 is 1.29 bits per heavy atom. The molecule has 24 heavy (non-hydrogen) atoms. The van der Waals surface area contributed by atoms with Crippen molar-refractivity contribution in [1.29, 1.82) is 0 Å². The van der Waals surface area contributed by atoms with Gasteiger partial charge in [0.1, 0.15) is 12.3 Å². The van der Waals surface area contributed by atoms with E-state index in [1.165, 1.54) is 4.90 Å². The number of carbonyl (C=O) groups is 2. The molecule has 0 spiro atoms. The maximum atomic E-state index is 13.0. The van der Waals surface area contributed by atoms with Crippen molar-refractivity contribution in [3.63, 3.8) is 0 Å². The Morgan fingerprint density at radius 3 is 2.75 bits per heavy atom. The molecule has 2 heterocycles. The number of amides is 1. The minimum absolute atomic E-state index is 0.0496. The molecule has 4 aliphatic rings. The number of rotatable bonds is 4. The van der Waals surface area contributed by atoms with Crippen LogP contribution in [0.15, 0.2) is 30.3 Å². The van der Waals surface area contributed by atoms with E-state index in [9.17, 15) is 19.8 Å². The summed E-state index contributed by atoms with van der Waals surface area (Å²) >= 11 is 0. The molecule has 6 nitrogen and oxygen atoms in total. The van der Waals surface area contributed by atoms with Crippen LogP contribution in [0.25, 0.3) is 0 Å². The summed E-state index contributed by atoms with van der Waals surface area (Å²) in [4.78, 5) is 26.3. The number of nitrogens with zero attached hydrogens (tertiary/aromatic N) is 1. The predicted octanol–water partition coefficient (Wildman–Crippen LogP) is 0.492. The lowest BCUT2D eigenvalue weighted by Gasteiger charge is -2.33. The highest BCUT2D eigenvalue weighted by Gasteiger charge is 2.73. The van der Waals surface area contributed by atoms with Gasteiger partial charge >= 0.3 is 5.97 Å². The molecule has 6 heteroatoms. The minimum atomic E-state index is -1.01. The van der Waals surface area contributed by atoms with Crippen molar-refractivity contribution in [3.05, 3.63) is 35.9 Å². The van der Waals surface area contributed by atoms with E-state index in [0.717, 1.165) is 12.0 Å². The number of carboxylic acid groups (broad SMARTS) is 1. The van der Waals surface area contributed by atoms with Crippen LogP contribution < -0.4 is 0 Å². The van der Waals surface area contributed by atoms with Gasteiger partial charge in [-0.1, -0.05) is 30.3 Å². The van der Waals surface area contributed by atoms with Gasteiger partial charge in [0.25, 0.3) is 0 Å². The first kappa shape index (κ1) is 14.4. The molecule has 5 rings (SSSR count). The van der Waals surface area contributed by atoms with E-state index >= 15 is 0 Å². The van der Waals surface area contributed by atoms with Crippen LogP contribution in [0.4, 0.5) is 0 Å². The zero-order valence-corrected chi connectivity index (χ0v) is 13.0. The van der Waals surface area contributed by atoms with Gasteiger partial charge in [-0.25, -0.2) is 4.79 Å². The Labute approximate surface area is 139 Å². The van der Waals surface area contributed by atoms with Crippen LogP contribution >= 0.6 is 0 Å². The molecule has 1 aromatic carbocycles. The monoisotopic (exact) mass is 329 g/mol. The molecule has 126 valence electrons. The number of aliphatic hydroxyl groups is 1. The molecule has 2 aliphatic carbocycles. The van der Waals surface area contributed by atoms with Gasteiger partial charge in [-0.15, -0.1) is 0 Å². The van der Waals surface area contributed by atoms with Gasteiger partial charge in [0.15, 0.2) is 0 Å². The van der Waals surface area contributed by atoms with Crippen molar-refractivity contribution in [2.75, 3.05) is 0 Å². The van der Waals surface area contributed by atoms with Crippen LogP contribution in [0.3, 0.4) is 0 Å². The summed E-state index contributed by atoms with van der Waals surface area (Å²) in [5, 5.41) is 20.0. The number of fused-ring (bicyclic) bond motifs is 2. The smallest absolute Gasteiger partial charge is 0.326 e. The summed E-state index contributed by atoms with van der Waals surface area (Å²) in [5.41, 5.74) is 0.884. The second-order valence-electron chi connectivity index (χ2n) is 7.44. The Kier molecular flexibility index (Phi) is 2.89. The van der Waals surface area contributed by atoms with Gasteiger partial charge in [0.05, 0.1) is 18.1 Å². The fourth-order valence-corrected chi connectivity index (χ4v) is 5.56. The number of aliphatic carboxylic acids is 1. The fourth-order valence-electron chi connectivity index (χ4n) is 5.56. The average Bonchev–Trinajstić information content (AvgIpc) is 3.24. The van der Waals surface area contributed by atoms with Crippen LogP contribution in [0.2, 0.25) is 0 Å². The lowest BCUT2D eigenvalue weighted by molar-refractivity contribution is -0.166. The molecule has 2 saturated heterocycles. The first-order chi connectivity index (χ1) is 11.6. The predicted molar refractivity (Wildman–Crippen MR) is 81.7 cm³/mol. The third-order valence-electron chi connectivity index (χ3n) is 6.44. The molecule has 0 radical (unpaired) electrons. The quantitative estimate of drug-likeness (QED) is 0.840. The van der Waals surface area contributed by atoms with Crippen molar-refractivity contribution in [1.82, 2.24) is 4.90 Å². The lowest BCUT2D eigenvalue weighted by Crippen LogP contribution is -2.51. The van der Waals surface area contributed by atoms with Crippen LogP contribution in [0.5, 0.6) is 0 Å².